The van der Waals surface area contributed by atoms with Gasteiger partial charge in [-0.1, -0.05) is 42.5 Å². The van der Waals surface area contributed by atoms with Gasteiger partial charge >= 0.3 is 0 Å². The molecule has 112 valence electrons. The number of quaternary nitrogens is 1. The van der Waals surface area contributed by atoms with Gasteiger partial charge < -0.3 is 15.0 Å². The summed E-state index contributed by atoms with van der Waals surface area (Å²) in [5, 5.41) is 11.8. The minimum atomic E-state index is -0.420. The first-order chi connectivity index (χ1) is 10.8. The van der Waals surface area contributed by atoms with E-state index in [1.54, 1.807) is 0 Å². The fraction of sp³-hybridized carbons (Fsp3) is 0.263. The molecule has 0 spiro atoms. The summed E-state index contributed by atoms with van der Waals surface area (Å²) >= 11 is 0. The molecule has 2 atom stereocenters. The number of aromatic nitrogens is 1. The lowest BCUT2D eigenvalue weighted by atomic mass is 9.99. The van der Waals surface area contributed by atoms with Crippen molar-refractivity contribution in [2.45, 2.75) is 19.1 Å². The molecule has 1 aromatic heterocycles. The number of hydrogen-bond donors (Lipinski definition) is 3. The summed E-state index contributed by atoms with van der Waals surface area (Å²) in [6.07, 6.45) is 2.63. The highest BCUT2D eigenvalue weighted by atomic mass is 16.3. The molecule has 3 nitrogen and oxygen atoms in total. The largest absolute Gasteiger partial charge is 0.382 e. The van der Waals surface area contributed by atoms with Crippen molar-refractivity contribution in [3.05, 3.63) is 71.4 Å². The summed E-state index contributed by atoms with van der Waals surface area (Å²) in [6.45, 7) is 2.86. The van der Waals surface area contributed by atoms with E-state index in [0.717, 1.165) is 42.5 Å². The van der Waals surface area contributed by atoms with Crippen LogP contribution in [0, 0.1) is 0 Å². The number of para-hydroxylation sites is 1. The van der Waals surface area contributed by atoms with Crippen LogP contribution in [0.1, 0.15) is 22.8 Å². The number of aliphatic hydroxyl groups is 1. The average Bonchev–Trinajstić information content (AvgIpc) is 2.99. The molecule has 1 aliphatic rings. The number of fused-ring (bicyclic) bond motifs is 2. The molecule has 4 rings (SSSR count). The summed E-state index contributed by atoms with van der Waals surface area (Å²) in [7, 11) is 0. The van der Waals surface area contributed by atoms with E-state index in [4.69, 9.17) is 0 Å². The number of benzene rings is 2. The predicted octanol–water partition coefficient (Wildman–Crippen LogP) is 1.84. The zero-order valence-corrected chi connectivity index (χ0v) is 12.5. The summed E-state index contributed by atoms with van der Waals surface area (Å²) in [4.78, 5) is 4.71. The zero-order chi connectivity index (χ0) is 14.9. The Morgan fingerprint density at radius 3 is 2.73 bits per heavy atom. The van der Waals surface area contributed by atoms with Gasteiger partial charge in [0.2, 0.25) is 0 Å². The Bertz CT molecular complexity index is 793. The molecule has 0 bridgehead atoms. The van der Waals surface area contributed by atoms with Gasteiger partial charge in [-0.05, 0) is 11.6 Å². The fourth-order valence-corrected chi connectivity index (χ4v) is 3.57. The van der Waals surface area contributed by atoms with Crippen LogP contribution in [0.5, 0.6) is 0 Å². The third-order valence-electron chi connectivity index (χ3n) is 4.77. The number of aromatic amines is 1. The van der Waals surface area contributed by atoms with Gasteiger partial charge in [-0.25, -0.2) is 0 Å². The minimum absolute atomic E-state index is 0.420. The number of aliphatic hydroxyl groups excluding tert-OH is 1. The monoisotopic (exact) mass is 293 g/mol. The molecule has 2 aromatic carbocycles. The van der Waals surface area contributed by atoms with E-state index < -0.39 is 6.10 Å². The van der Waals surface area contributed by atoms with Gasteiger partial charge in [-0.2, -0.15) is 0 Å². The van der Waals surface area contributed by atoms with E-state index >= 15 is 0 Å². The standard InChI is InChI=1S/C19H20N2O/c22-19(17-11-20-18-8-4-3-7-16(17)18)13-21-10-9-14-5-1-2-6-15(14)12-21/h1-8,11,19-20,22H,9-10,12-13H2/p+1/t19-/m1/s1. The van der Waals surface area contributed by atoms with Crippen molar-refractivity contribution in [2.24, 2.45) is 0 Å². The maximum atomic E-state index is 10.7. The Labute approximate surface area is 130 Å². The zero-order valence-electron chi connectivity index (χ0n) is 12.5. The van der Waals surface area contributed by atoms with E-state index in [1.165, 1.54) is 16.0 Å². The van der Waals surface area contributed by atoms with E-state index in [1.807, 2.05) is 18.3 Å². The molecule has 1 aliphatic heterocycles. The maximum Gasteiger partial charge on any atom is 0.130 e. The van der Waals surface area contributed by atoms with Crippen LogP contribution in [0.2, 0.25) is 0 Å². The summed E-state index contributed by atoms with van der Waals surface area (Å²) in [5.41, 5.74) is 5.00. The lowest BCUT2D eigenvalue weighted by Gasteiger charge is -2.27. The van der Waals surface area contributed by atoms with Gasteiger partial charge in [0.05, 0.1) is 6.54 Å². The van der Waals surface area contributed by atoms with Crippen LogP contribution in [0.3, 0.4) is 0 Å². The van der Waals surface area contributed by atoms with Crippen molar-refractivity contribution in [2.75, 3.05) is 13.1 Å². The van der Waals surface area contributed by atoms with E-state index in [9.17, 15) is 5.11 Å². The van der Waals surface area contributed by atoms with Crippen molar-refractivity contribution < 1.29 is 10.0 Å². The van der Waals surface area contributed by atoms with Gasteiger partial charge in [-0.3, -0.25) is 0 Å². The molecule has 3 N–H and O–H groups in total. The molecule has 3 heteroatoms. The van der Waals surface area contributed by atoms with Crippen LogP contribution in [-0.4, -0.2) is 23.2 Å². The molecular formula is C19H21N2O+. The van der Waals surface area contributed by atoms with Gasteiger partial charge in [0, 0.05) is 34.6 Å². The Hall–Kier alpha value is -2.10. The lowest BCUT2D eigenvalue weighted by Crippen LogP contribution is -3.12. The molecule has 0 amide bonds. The topological polar surface area (TPSA) is 40.5 Å². The fourth-order valence-electron chi connectivity index (χ4n) is 3.57. The van der Waals surface area contributed by atoms with Gasteiger partial charge in [0.15, 0.2) is 0 Å². The number of nitrogens with one attached hydrogen (secondary N) is 2. The first-order valence-electron chi connectivity index (χ1n) is 7.95. The maximum absolute atomic E-state index is 10.7. The normalized spacial score (nSPS) is 19.0. The average molecular weight is 293 g/mol. The van der Waals surface area contributed by atoms with Gasteiger partial charge in [0.1, 0.15) is 19.2 Å². The molecule has 0 aliphatic carbocycles. The van der Waals surface area contributed by atoms with Crippen LogP contribution in [0.4, 0.5) is 0 Å². The van der Waals surface area contributed by atoms with Gasteiger partial charge in [0.25, 0.3) is 0 Å². The SMILES string of the molecule is O[C@H](C[NH+]1CCc2ccccc2C1)c1c[nH]c2ccccc12. The molecule has 1 unspecified atom stereocenters. The van der Waals surface area contributed by atoms with E-state index in [-0.39, 0.29) is 0 Å². The number of rotatable bonds is 3. The molecule has 0 saturated carbocycles. The van der Waals surface area contributed by atoms with Crippen LogP contribution in [0.15, 0.2) is 54.7 Å². The molecule has 0 radical (unpaired) electrons. The molecule has 0 fully saturated rings. The van der Waals surface area contributed by atoms with Crippen molar-refractivity contribution in [1.29, 1.82) is 0 Å². The predicted molar refractivity (Wildman–Crippen MR) is 87.8 cm³/mol. The van der Waals surface area contributed by atoms with Crippen molar-refractivity contribution in [3.8, 4) is 0 Å². The molecule has 3 aromatic rings. The van der Waals surface area contributed by atoms with Crippen LogP contribution < -0.4 is 4.90 Å². The second-order valence-corrected chi connectivity index (χ2v) is 6.21. The Morgan fingerprint density at radius 2 is 1.82 bits per heavy atom. The first-order valence-corrected chi connectivity index (χ1v) is 7.95. The number of H-pyrrole nitrogens is 1. The van der Waals surface area contributed by atoms with Crippen LogP contribution >= 0.6 is 0 Å². The smallest absolute Gasteiger partial charge is 0.130 e. The summed E-state index contributed by atoms with van der Waals surface area (Å²) in [6, 6.07) is 16.8. The Kier molecular flexibility index (Phi) is 3.45. The quantitative estimate of drug-likeness (QED) is 0.677. The van der Waals surface area contributed by atoms with E-state index in [2.05, 4.69) is 41.4 Å². The Morgan fingerprint density at radius 1 is 1.05 bits per heavy atom. The summed E-state index contributed by atoms with van der Waals surface area (Å²) < 4.78 is 0. The lowest BCUT2D eigenvalue weighted by molar-refractivity contribution is -0.919. The molecule has 22 heavy (non-hydrogen) atoms. The highest BCUT2D eigenvalue weighted by Gasteiger charge is 2.23. The summed E-state index contributed by atoms with van der Waals surface area (Å²) in [5.74, 6) is 0. The van der Waals surface area contributed by atoms with Crippen LogP contribution in [-0.2, 0) is 13.0 Å². The Balaban J connectivity index is 1.52. The third-order valence-corrected chi connectivity index (χ3v) is 4.77. The highest BCUT2D eigenvalue weighted by Crippen LogP contribution is 2.23. The van der Waals surface area contributed by atoms with Crippen LogP contribution in [0.25, 0.3) is 10.9 Å². The second-order valence-electron chi connectivity index (χ2n) is 6.21. The minimum Gasteiger partial charge on any atom is -0.382 e. The van der Waals surface area contributed by atoms with Crippen molar-refractivity contribution in [1.82, 2.24) is 4.98 Å². The van der Waals surface area contributed by atoms with Crippen molar-refractivity contribution >= 4 is 10.9 Å². The number of hydrogen-bond acceptors (Lipinski definition) is 1. The van der Waals surface area contributed by atoms with Crippen molar-refractivity contribution in [3.63, 3.8) is 0 Å². The van der Waals surface area contributed by atoms with E-state index in [0.29, 0.717) is 0 Å². The second kappa shape index (κ2) is 5.59. The third kappa shape index (κ3) is 2.43. The molecular weight excluding hydrogens is 272 g/mol. The first kappa shape index (κ1) is 13.6. The molecule has 2 heterocycles. The highest BCUT2D eigenvalue weighted by molar-refractivity contribution is 5.83. The van der Waals surface area contributed by atoms with Gasteiger partial charge in [-0.15, -0.1) is 0 Å². The molecule has 0 saturated heterocycles.